The van der Waals surface area contributed by atoms with Gasteiger partial charge in [0.05, 0.1) is 12.6 Å². The number of hydrogen-bond donors (Lipinski definition) is 4. The first kappa shape index (κ1) is 48.5. The van der Waals surface area contributed by atoms with E-state index in [0.29, 0.717) is 40.3 Å². The molecular weight excluding hydrogens is 837 g/mol. The predicted molar refractivity (Wildman–Crippen MR) is 265 cm³/mol. The molecule has 0 bridgehead atoms. The van der Waals surface area contributed by atoms with Gasteiger partial charge in [-0.3, -0.25) is 19.2 Å². The van der Waals surface area contributed by atoms with Gasteiger partial charge in [-0.15, -0.1) is 5.75 Å². The summed E-state index contributed by atoms with van der Waals surface area (Å²) in [5.74, 6) is 4.74. The molecule has 67 heavy (non-hydrogen) atoms. The van der Waals surface area contributed by atoms with Gasteiger partial charge in [-0.05, 0) is 133 Å². The van der Waals surface area contributed by atoms with Gasteiger partial charge in [0, 0.05) is 79.9 Å². The van der Waals surface area contributed by atoms with E-state index in [9.17, 15) is 24.3 Å². The van der Waals surface area contributed by atoms with E-state index in [1.807, 2.05) is 13.0 Å². The van der Waals surface area contributed by atoms with E-state index in [1.54, 1.807) is 29.8 Å². The Kier molecular flexibility index (Phi) is 15.0. The van der Waals surface area contributed by atoms with Crippen LogP contribution >= 0.6 is 0 Å². The van der Waals surface area contributed by atoms with E-state index >= 15 is 0 Å². The molecule has 0 aromatic heterocycles. The van der Waals surface area contributed by atoms with Crippen LogP contribution in [-0.2, 0) is 9.59 Å². The number of carbonyl (C=O) groups excluding carboxylic acids is 3. The van der Waals surface area contributed by atoms with E-state index in [0.717, 1.165) is 76.1 Å². The van der Waals surface area contributed by atoms with Crippen molar-refractivity contribution in [1.82, 2.24) is 16.0 Å². The summed E-state index contributed by atoms with van der Waals surface area (Å²) in [6.07, 6.45) is 18.9. The van der Waals surface area contributed by atoms with Crippen LogP contribution in [0.2, 0.25) is 0 Å². The Morgan fingerprint density at radius 2 is 1.58 bits per heavy atom. The SMILES string of the molecule is Cc1cc(C(=O)NCCC(=O)NCCC(=O)NCCC[NH2+][C@H]2CC[C@@]3(C)C(=CC[C@H]4[C@@H]5CC[C@H]([C@H](C)CCCC(C)C)[C@@]5(C)CC[C@@H]43)C2)ccc1-c1c2ccc(=O)cc-2oc2cc([O-])ccc12. The van der Waals surface area contributed by atoms with Crippen LogP contribution in [0, 0.1) is 53.3 Å². The van der Waals surface area contributed by atoms with Crippen LogP contribution in [0.1, 0.15) is 140 Å². The lowest BCUT2D eigenvalue weighted by Crippen LogP contribution is -2.90. The molecule has 1 heterocycles. The Morgan fingerprint density at radius 3 is 2.36 bits per heavy atom. The number of rotatable bonds is 18. The number of allylic oxidation sites excluding steroid dienone is 1. The van der Waals surface area contributed by atoms with Crippen LogP contribution < -0.4 is 31.8 Å². The molecule has 10 nitrogen and oxygen atoms in total. The predicted octanol–water partition coefficient (Wildman–Crippen LogP) is 9.05. The Hall–Kier alpha value is -4.96. The summed E-state index contributed by atoms with van der Waals surface area (Å²) in [6, 6.07) is 15.2. The minimum atomic E-state index is -0.309. The fraction of sp³-hybridized carbons (Fsp3) is 0.579. The first-order chi connectivity index (χ1) is 32.1. The highest BCUT2D eigenvalue weighted by Crippen LogP contribution is 2.67. The quantitative estimate of drug-likeness (QED) is 0.0444. The van der Waals surface area contributed by atoms with Gasteiger partial charge in [0.1, 0.15) is 11.3 Å². The number of quaternary nitrogens is 1. The van der Waals surface area contributed by atoms with Gasteiger partial charge in [-0.25, -0.2) is 0 Å². The smallest absolute Gasteiger partial charge is 0.251 e. The zero-order valence-electron chi connectivity index (χ0n) is 41.1. The van der Waals surface area contributed by atoms with Crippen LogP contribution in [-0.4, -0.2) is 49.9 Å². The second-order valence-corrected chi connectivity index (χ2v) is 21.9. The zero-order chi connectivity index (χ0) is 47.5. The lowest BCUT2D eigenvalue weighted by atomic mass is 9.47. The maximum absolute atomic E-state index is 13.1. The highest BCUT2D eigenvalue weighted by Gasteiger charge is 2.59. The second-order valence-electron chi connectivity index (χ2n) is 21.9. The number of hydrogen-bond acceptors (Lipinski definition) is 6. The molecular formula is C57H76N4O6. The van der Waals surface area contributed by atoms with Crippen molar-refractivity contribution >= 4 is 28.7 Å². The van der Waals surface area contributed by atoms with Crippen LogP contribution in [0.4, 0.5) is 0 Å². The van der Waals surface area contributed by atoms with Gasteiger partial charge in [0.15, 0.2) is 5.43 Å². The maximum Gasteiger partial charge on any atom is 0.251 e. The first-order valence-electron chi connectivity index (χ1n) is 25.8. The van der Waals surface area contributed by atoms with Crippen molar-refractivity contribution in [2.24, 2.45) is 46.3 Å². The van der Waals surface area contributed by atoms with Crippen molar-refractivity contribution in [2.75, 3.05) is 26.2 Å². The van der Waals surface area contributed by atoms with Crippen molar-refractivity contribution in [3.8, 4) is 28.2 Å². The van der Waals surface area contributed by atoms with Gasteiger partial charge in [-0.1, -0.05) is 83.7 Å². The zero-order valence-corrected chi connectivity index (χ0v) is 41.1. The largest absolute Gasteiger partial charge is 0.872 e. The molecule has 5 aliphatic carbocycles. The summed E-state index contributed by atoms with van der Waals surface area (Å²) >= 11 is 0. The van der Waals surface area contributed by atoms with E-state index in [4.69, 9.17) is 4.42 Å². The molecule has 0 spiro atoms. The van der Waals surface area contributed by atoms with Crippen LogP contribution in [0.5, 0.6) is 5.75 Å². The molecule has 360 valence electrons. The lowest BCUT2D eigenvalue weighted by Gasteiger charge is -2.58. The first-order valence-corrected chi connectivity index (χ1v) is 25.8. The van der Waals surface area contributed by atoms with E-state index in [1.165, 1.54) is 94.9 Å². The van der Waals surface area contributed by atoms with Gasteiger partial charge in [-0.2, -0.15) is 0 Å². The maximum atomic E-state index is 13.1. The lowest BCUT2D eigenvalue weighted by molar-refractivity contribution is -0.691. The van der Waals surface area contributed by atoms with E-state index < -0.39 is 0 Å². The topological polar surface area (TPSA) is 157 Å². The van der Waals surface area contributed by atoms with Gasteiger partial charge in [0.2, 0.25) is 11.8 Å². The van der Waals surface area contributed by atoms with Crippen molar-refractivity contribution in [2.45, 2.75) is 137 Å². The molecule has 0 saturated heterocycles. The van der Waals surface area contributed by atoms with Crippen molar-refractivity contribution in [3.05, 3.63) is 87.6 Å². The summed E-state index contributed by atoms with van der Waals surface area (Å²) in [4.78, 5) is 50.4. The van der Waals surface area contributed by atoms with Gasteiger partial charge < -0.3 is 30.8 Å². The molecule has 2 aromatic rings. The molecule has 5 N–H and O–H groups in total. The summed E-state index contributed by atoms with van der Waals surface area (Å²) in [6.45, 7) is 16.5. The molecule has 3 amide bonds. The Morgan fingerprint density at radius 1 is 0.821 bits per heavy atom. The third-order valence-electron chi connectivity index (χ3n) is 17.3. The monoisotopic (exact) mass is 913 g/mol. The third kappa shape index (κ3) is 10.5. The minimum Gasteiger partial charge on any atom is -0.872 e. The molecule has 8 atom stereocenters. The van der Waals surface area contributed by atoms with Crippen LogP contribution in [0.15, 0.2) is 75.5 Å². The summed E-state index contributed by atoms with van der Waals surface area (Å²) < 4.78 is 5.94. The van der Waals surface area contributed by atoms with Crippen molar-refractivity contribution < 1.29 is 29.2 Å². The highest BCUT2D eigenvalue weighted by molar-refractivity contribution is 6.03. The summed E-state index contributed by atoms with van der Waals surface area (Å²) in [5, 5.41) is 24.0. The Bertz CT molecular complexity index is 2490. The standard InChI is InChI=1S/C57H76N4O6/c1-35(2)9-7-10-36(3)47-19-20-48-44-16-12-39-32-40(21-25-56(39,5)49(44)22-26-57(47,48)6)58-27-8-28-59-52(64)23-29-60-53(65)24-30-61-55(66)38-11-15-43(37(4)31-38)54-45-17-13-41(62)33-50(45)67-51-34-42(63)14-18-46(51)54/h11-15,17-18,31,33-36,40,44,47-49,58,62H,7-10,16,19-30,32H2,1-6H3,(H,59,64)(H,60,65)(H,61,66)/t36-,40+,44+,47-,48+,49+,56+,57-/m1/s1. The van der Waals surface area contributed by atoms with Crippen molar-refractivity contribution in [3.63, 3.8) is 0 Å². The molecule has 0 unspecified atom stereocenters. The number of nitrogens with one attached hydrogen (secondary N) is 3. The summed E-state index contributed by atoms with van der Waals surface area (Å²) in [5.41, 5.74) is 6.45. The number of amides is 3. The molecule has 8 rings (SSSR count). The Labute approximate surface area is 398 Å². The van der Waals surface area contributed by atoms with Crippen molar-refractivity contribution in [1.29, 1.82) is 0 Å². The van der Waals surface area contributed by atoms with E-state index in [-0.39, 0.29) is 54.8 Å². The molecule has 3 saturated carbocycles. The number of fused-ring (bicyclic) bond motifs is 7. The average molecular weight is 913 g/mol. The molecule has 2 aromatic carbocycles. The summed E-state index contributed by atoms with van der Waals surface area (Å²) in [7, 11) is 0. The number of benzene rings is 3. The number of nitrogens with two attached hydrogens (primary N) is 1. The highest BCUT2D eigenvalue weighted by atomic mass is 16.3. The fourth-order valence-corrected chi connectivity index (χ4v) is 13.7. The second kappa shape index (κ2) is 20.7. The van der Waals surface area contributed by atoms with E-state index in [2.05, 4.69) is 62.0 Å². The van der Waals surface area contributed by atoms with Gasteiger partial charge in [0.25, 0.3) is 5.91 Å². The Balaban J connectivity index is 0.713. The molecule has 1 aliphatic heterocycles. The van der Waals surface area contributed by atoms with Gasteiger partial charge >= 0.3 is 0 Å². The molecule has 3 fully saturated rings. The number of carbonyl (C=O) groups is 3. The third-order valence-corrected chi connectivity index (χ3v) is 17.3. The molecule has 6 aliphatic rings. The minimum absolute atomic E-state index is 0.0725. The average Bonchev–Trinajstić information content (AvgIpc) is 3.65. The fourth-order valence-electron chi connectivity index (χ4n) is 13.7. The van der Waals surface area contributed by atoms with Crippen LogP contribution in [0.25, 0.3) is 33.4 Å². The number of aryl methyl sites for hydroxylation is 1. The normalized spacial score (nSPS) is 26.1. The van der Waals surface area contributed by atoms with Crippen LogP contribution in [0.3, 0.4) is 0 Å². The molecule has 10 heteroatoms. The molecule has 0 radical (unpaired) electrons.